The van der Waals surface area contributed by atoms with Gasteiger partial charge in [-0.05, 0) is 19.1 Å². The largest absolute Gasteiger partial charge is 0.492 e. The summed E-state index contributed by atoms with van der Waals surface area (Å²) in [6, 6.07) is 6.39. The molecule has 0 saturated carbocycles. The van der Waals surface area contributed by atoms with Crippen molar-refractivity contribution >= 4 is 10.0 Å². The number of ether oxygens (including phenoxy) is 1. The normalized spacial score (nSPS) is 10.9. The van der Waals surface area contributed by atoms with E-state index in [0.717, 1.165) is 0 Å². The second-order valence-electron chi connectivity index (χ2n) is 3.18. The summed E-state index contributed by atoms with van der Waals surface area (Å²) >= 11 is 0. The van der Waals surface area contributed by atoms with E-state index < -0.39 is 10.0 Å². The molecule has 1 rings (SSSR count). The topological polar surface area (TPSA) is 79.2 Å². The molecule has 1 N–H and O–H groups in total. The average Bonchev–Trinajstić information content (AvgIpc) is 2.29. The minimum atomic E-state index is -3.65. The summed E-state index contributed by atoms with van der Waals surface area (Å²) in [4.78, 5) is -0.0483. The van der Waals surface area contributed by atoms with Gasteiger partial charge in [-0.15, -0.1) is 0 Å². The molecule has 6 heteroatoms. The van der Waals surface area contributed by atoms with E-state index in [9.17, 15) is 8.42 Å². The zero-order valence-corrected chi connectivity index (χ0v) is 10.5. The molecule has 0 spiro atoms. The maximum atomic E-state index is 11.9. The van der Waals surface area contributed by atoms with Gasteiger partial charge < -0.3 is 4.74 Å². The Kier molecular flexibility index (Phi) is 4.49. The van der Waals surface area contributed by atoms with Crippen molar-refractivity contribution < 1.29 is 13.2 Å². The lowest BCUT2D eigenvalue weighted by molar-refractivity contribution is 0.338. The van der Waals surface area contributed by atoms with E-state index in [1.54, 1.807) is 26.0 Å². The molecule has 17 heavy (non-hydrogen) atoms. The molecule has 92 valence electrons. The van der Waals surface area contributed by atoms with Crippen molar-refractivity contribution in [1.82, 2.24) is 4.72 Å². The van der Waals surface area contributed by atoms with Gasteiger partial charge in [0, 0.05) is 6.54 Å². The minimum absolute atomic E-state index is 0.0373. The predicted molar refractivity (Wildman–Crippen MR) is 63.2 cm³/mol. The number of hydrogen-bond donors (Lipinski definition) is 1. The van der Waals surface area contributed by atoms with E-state index in [1.807, 2.05) is 6.07 Å². The molecule has 0 heterocycles. The first-order valence-corrected chi connectivity index (χ1v) is 6.70. The first-order chi connectivity index (χ1) is 8.06. The zero-order chi connectivity index (χ0) is 12.9. The van der Waals surface area contributed by atoms with Gasteiger partial charge in [0.2, 0.25) is 10.0 Å². The molecule has 0 radical (unpaired) electrons. The van der Waals surface area contributed by atoms with Crippen LogP contribution in [0.15, 0.2) is 23.1 Å². The van der Waals surface area contributed by atoms with Crippen LogP contribution in [-0.2, 0) is 10.0 Å². The molecule has 0 saturated heterocycles. The Morgan fingerprint density at radius 3 is 2.65 bits per heavy atom. The van der Waals surface area contributed by atoms with E-state index in [0.29, 0.717) is 6.61 Å². The van der Waals surface area contributed by atoms with E-state index in [-0.39, 0.29) is 22.8 Å². The van der Waals surface area contributed by atoms with E-state index >= 15 is 0 Å². The second-order valence-corrected chi connectivity index (χ2v) is 4.91. The molecule has 0 aliphatic rings. The van der Waals surface area contributed by atoms with Gasteiger partial charge in [-0.1, -0.05) is 13.0 Å². The van der Waals surface area contributed by atoms with E-state index in [1.165, 1.54) is 6.07 Å². The zero-order valence-electron chi connectivity index (χ0n) is 9.73. The predicted octanol–water partition coefficient (Wildman–Crippen LogP) is 1.26. The molecular formula is C11H14N2O3S. The van der Waals surface area contributed by atoms with Crippen LogP contribution in [0.2, 0.25) is 0 Å². The number of rotatable bonds is 5. The molecular weight excluding hydrogens is 240 g/mol. The summed E-state index contributed by atoms with van der Waals surface area (Å²) in [5, 5.41) is 9.04. The fourth-order valence-electron chi connectivity index (χ4n) is 1.39. The highest BCUT2D eigenvalue weighted by Crippen LogP contribution is 2.24. The Labute approximate surface area is 101 Å². The molecule has 0 aromatic heterocycles. The summed E-state index contributed by atoms with van der Waals surface area (Å²) in [5.74, 6) is 0.286. The fourth-order valence-corrected chi connectivity index (χ4v) is 2.60. The highest BCUT2D eigenvalue weighted by Gasteiger charge is 2.20. The lowest BCUT2D eigenvalue weighted by atomic mass is 10.2. The Morgan fingerprint density at radius 2 is 2.12 bits per heavy atom. The monoisotopic (exact) mass is 254 g/mol. The van der Waals surface area contributed by atoms with Crippen LogP contribution >= 0.6 is 0 Å². The van der Waals surface area contributed by atoms with Gasteiger partial charge in [-0.3, -0.25) is 0 Å². The molecule has 1 aromatic carbocycles. The SMILES string of the molecule is CCNS(=O)(=O)c1cccc(OCC)c1C#N. The molecule has 0 aliphatic heterocycles. The van der Waals surface area contributed by atoms with Crippen LogP contribution in [0.1, 0.15) is 19.4 Å². The van der Waals surface area contributed by atoms with Crippen molar-refractivity contribution in [3.8, 4) is 11.8 Å². The maximum Gasteiger partial charge on any atom is 0.242 e. The summed E-state index contributed by atoms with van der Waals surface area (Å²) in [6.45, 7) is 4.09. The molecule has 0 amide bonds. The number of hydrogen-bond acceptors (Lipinski definition) is 4. The molecule has 0 unspecified atom stereocenters. The van der Waals surface area contributed by atoms with Gasteiger partial charge in [0.25, 0.3) is 0 Å². The molecule has 0 fully saturated rings. The van der Waals surface area contributed by atoms with Crippen molar-refractivity contribution in [2.24, 2.45) is 0 Å². The smallest absolute Gasteiger partial charge is 0.242 e. The van der Waals surface area contributed by atoms with Crippen LogP contribution in [0.4, 0.5) is 0 Å². The second kappa shape index (κ2) is 5.66. The van der Waals surface area contributed by atoms with Gasteiger partial charge >= 0.3 is 0 Å². The third-order valence-corrected chi connectivity index (χ3v) is 3.61. The quantitative estimate of drug-likeness (QED) is 0.857. The third kappa shape index (κ3) is 2.96. The van der Waals surface area contributed by atoms with Crippen LogP contribution in [0.25, 0.3) is 0 Å². The Hall–Kier alpha value is -1.58. The van der Waals surface area contributed by atoms with Crippen LogP contribution in [0, 0.1) is 11.3 Å². The van der Waals surface area contributed by atoms with Gasteiger partial charge in [0.1, 0.15) is 22.3 Å². The number of nitrogens with zero attached hydrogens (tertiary/aromatic N) is 1. The first kappa shape index (κ1) is 13.5. The number of nitriles is 1. The standard InChI is InChI=1S/C11H14N2O3S/c1-3-13-17(14,15)11-7-5-6-10(16-4-2)9(11)8-12/h5-7,13H,3-4H2,1-2H3. The van der Waals surface area contributed by atoms with Crippen LogP contribution in [-0.4, -0.2) is 21.6 Å². The molecule has 0 atom stereocenters. The fraction of sp³-hybridized carbons (Fsp3) is 0.364. The molecule has 0 bridgehead atoms. The van der Waals surface area contributed by atoms with Crippen LogP contribution in [0.5, 0.6) is 5.75 Å². The number of nitrogens with one attached hydrogen (secondary N) is 1. The van der Waals surface area contributed by atoms with E-state index in [4.69, 9.17) is 10.00 Å². The van der Waals surface area contributed by atoms with Gasteiger partial charge in [-0.2, -0.15) is 5.26 Å². The van der Waals surface area contributed by atoms with Crippen LogP contribution < -0.4 is 9.46 Å². The van der Waals surface area contributed by atoms with Gasteiger partial charge in [0.05, 0.1) is 6.61 Å². The summed E-state index contributed by atoms with van der Waals surface area (Å²) in [5.41, 5.74) is 0.0373. The summed E-state index contributed by atoms with van der Waals surface area (Å²) in [6.07, 6.45) is 0. The van der Waals surface area contributed by atoms with Crippen molar-refractivity contribution in [3.63, 3.8) is 0 Å². The van der Waals surface area contributed by atoms with E-state index in [2.05, 4.69) is 4.72 Å². The van der Waals surface area contributed by atoms with Crippen LogP contribution in [0.3, 0.4) is 0 Å². The highest BCUT2D eigenvalue weighted by molar-refractivity contribution is 7.89. The number of benzene rings is 1. The lowest BCUT2D eigenvalue weighted by Crippen LogP contribution is -2.24. The highest BCUT2D eigenvalue weighted by atomic mass is 32.2. The van der Waals surface area contributed by atoms with Crippen molar-refractivity contribution in [2.75, 3.05) is 13.2 Å². The summed E-state index contributed by atoms with van der Waals surface area (Å²) in [7, 11) is -3.65. The Balaban J connectivity index is 3.36. The third-order valence-electron chi connectivity index (χ3n) is 2.02. The summed E-state index contributed by atoms with van der Waals surface area (Å²) < 4.78 is 31.3. The lowest BCUT2D eigenvalue weighted by Gasteiger charge is -2.10. The van der Waals surface area contributed by atoms with Gasteiger partial charge in [0.15, 0.2) is 0 Å². The Morgan fingerprint density at radius 1 is 1.41 bits per heavy atom. The van der Waals surface area contributed by atoms with Crippen molar-refractivity contribution in [2.45, 2.75) is 18.7 Å². The minimum Gasteiger partial charge on any atom is -0.492 e. The average molecular weight is 254 g/mol. The molecule has 5 nitrogen and oxygen atoms in total. The number of sulfonamides is 1. The first-order valence-electron chi connectivity index (χ1n) is 5.22. The Bertz CT molecular complexity index is 532. The molecule has 1 aromatic rings. The molecule has 0 aliphatic carbocycles. The van der Waals surface area contributed by atoms with Crippen molar-refractivity contribution in [3.05, 3.63) is 23.8 Å². The van der Waals surface area contributed by atoms with Gasteiger partial charge in [-0.25, -0.2) is 13.1 Å². The van der Waals surface area contributed by atoms with Crippen molar-refractivity contribution in [1.29, 1.82) is 5.26 Å². The maximum absolute atomic E-state index is 11.9.